The predicted octanol–water partition coefficient (Wildman–Crippen LogP) is 5.98. The molecule has 6 rings (SSSR count). The molecule has 1 aliphatic rings. The number of hydrogen-bond acceptors (Lipinski definition) is 6. The first kappa shape index (κ1) is 25.9. The minimum atomic E-state index is -0.990. The topological polar surface area (TPSA) is 78.1 Å². The van der Waals surface area contributed by atoms with Crippen LogP contribution < -0.4 is 4.74 Å². The number of aryl methyl sites for hydroxylation is 1. The van der Waals surface area contributed by atoms with Gasteiger partial charge in [0.1, 0.15) is 23.0 Å². The molecule has 1 aliphatic heterocycles. The lowest BCUT2D eigenvalue weighted by Crippen LogP contribution is -2.38. The Labute approximate surface area is 233 Å². The fourth-order valence-electron chi connectivity index (χ4n) is 5.00. The van der Waals surface area contributed by atoms with E-state index >= 15 is 0 Å². The summed E-state index contributed by atoms with van der Waals surface area (Å²) in [7, 11) is 1.85. The highest BCUT2D eigenvalue weighted by Gasteiger charge is 2.28. The highest BCUT2D eigenvalue weighted by molar-refractivity contribution is 7.18. The molecule has 1 amide bonds. The van der Waals surface area contributed by atoms with Crippen LogP contribution in [0.5, 0.6) is 5.75 Å². The van der Waals surface area contributed by atoms with E-state index in [9.17, 15) is 13.6 Å². The largest absolute Gasteiger partial charge is 0.490 e. The van der Waals surface area contributed by atoms with Crippen LogP contribution in [0.3, 0.4) is 0 Å². The molecule has 0 unspecified atom stereocenters. The van der Waals surface area contributed by atoms with Gasteiger partial charge in [0.25, 0.3) is 5.91 Å². The fraction of sp³-hybridized carbons (Fsp3) is 0.241. The molecule has 1 aromatic carbocycles. The quantitative estimate of drug-likeness (QED) is 0.239. The van der Waals surface area contributed by atoms with Gasteiger partial charge in [-0.3, -0.25) is 14.2 Å². The molecule has 204 valence electrons. The Hall–Kier alpha value is -4.38. The Balaban J connectivity index is 1.59. The van der Waals surface area contributed by atoms with E-state index < -0.39 is 17.6 Å². The van der Waals surface area contributed by atoms with Gasteiger partial charge in [-0.2, -0.15) is 10.2 Å². The molecule has 0 spiro atoms. The molecule has 0 saturated heterocycles. The number of fused-ring (bicyclic) bond motifs is 2. The van der Waals surface area contributed by atoms with E-state index in [4.69, 9.17) is 14.8 Å². The molecule has 0 atom stereocenters. The van der Waals surface area contributed by atoms with Crippen LogP contribution >= 0.6 is 11.3 Å². The van der Waals surface area contributed by atoms with Crippen LogP contribution in [0.1, 0.15) is 19.5 Å². The number of halogens is 2. The van der Waals surface area contributed by atoms with Gasteiger partial charge in [-0.25, -0.2) is 13.8 Å². The summed E-state index contributed by atoms with van der Waals surface area (Å²) in [5.41, 5.74) is 4.97. The van der Waals surface area contributed by atoms with Gasteiger partial charge >= 0.3 is 0 Å². The van der Waals surface area contributed by atoms with E-state index in [2.05, 4.69) is 11.7 Å². The fourth-order valence-corrected chi connectivity index (χ4v) is 5.96. The maximum atomic E-state index is 14.4. The number of thiophene rings is 1. The zero-order chi connectivity index (χ0) is 28.1. The summed E-state index contributed by atoms with van der Waals surface area (Å²) in [5.74, 6) is -1.71. The second kappa shape index (κ2) is 9.98. The molecule has 5 aromatic rings. The Bertz CT molecular complexity index is 1790. The summed E-state index contributed by atoms with van der Waals surface area (Å²) in [4.78, 5) is 18.8. The third kappa shape index (κ3) is 4.56. The maximum Gasteiger partial charge on any atom is 0.282 e. The van der Waals surface area contributed by atoms with Crippen LogP contribution in [0, 0.1) is 5.82 Å². The van der Waals surface area contributed by atoms with Crippen molar-refractivity contribution in [3.63, 3.8) is 0 Å². The summed E-state index contributed by atoms with van der Waals surface area (Å²) < 4.78 is 38.5. The van der Waals surface area contributed by atoms with Gasteiger partial charge in [-0.15, -0.1) is 11.3 Å². The predicted molar refractivity (Wildman–Crippen MR) is 150 cm³/mol. The number of carbonyl (C=O) groups excluding carboxylic acids is 1. The van der Waals surface area contributed by atoms with E-state index in [0.717, 1.165) is 32.6 Å². The standard InChI is InChI=1S/C29H26F2N6O2S/c1-16(2)39-24-11-19(31)5-6-21(24)25-27(23-12-20-15-36(29(38)17(3)30)8-9-37(20)34-23)33-26(18-13-32-35(4)14-18)22-7-10-40-28(22)25/h5-7,10-14,16H,3,8-9,15H2,1-2,4H3. The third-order valence-corrected chi connectivity index (χ3v) is 7.65. The molecule has 0 bridgehead atoms. The molecule has 8 nitrogen and oxygen atoms in total. The number of amides is 1. The first-order valence-corrected chi connectivity index (χ1v) is 13.6. The van der Waals surface area contributed by atoms with Crippen molar-refractivity contribution in [3.8, 4) is 39.5 Å². The van der Waals surface area contributed by atoms with Crippen LogP contribution in [0.15, 0.2) is 60.5 Å². The molecule has 11 heteroatoms. The summed E-state index contributed by atoms with van der Waals surface area (Å²) in [5, 5.41) is 12.1. The SMILES string of the molecule is C=C(F)C(=O)N1CCn2nc(-c3nc(-c4cnn(C)c4)c4ccsc4c3-c3ccc(F)cc3OC(C)C)cc2C1. The van der Waals surface area contributed by atoms with Crippen LogP contribution in [-0.2, 0) is 24.9 Å². The lowest BCUT2D eigenvalue weighted by molar-refractivity contribution is -0.130. The van der Waals surface area contributed by atoms with Crippen LogP contribution in [0.2, 0.25) is 0 Å². The maximum absolute atomic E-state index is 14.4. The highest BCUT2D eigenvalue weighted by Crippen LogP contribution is 2.46. The Morgan fingerprint density at radius 2 is 2.00 bits per heavy atom. The van der Waals surface area contributed by atoms with Crippen LogP contribution in [0.25, 0.3) is 43.9 Å². The average Bonchev–Trinajstić information content (AvgIpc) is 3.66. The lowest BCUT2D eigenvalue weighted by atomic mass is 9.97. The number of carbonyl (C=O) groups is 1. The highest BCUT2D eigenvalue weighted by atomic mass is 32.1. The summed E-state index contributed by atoms with van der Waals surface area (Å²) in [6, 6.07) is 8.39. The number of aromatic nitrogens is 5. The molecule has 0 aliphatic carbocycles. The van der Waals surface area contributed by atoms with E-state index in [-0.39, 0.29) is 12.6 Å². The van der Waals surface area contributed by atoms with Crippen molar-refractivity contribution in [2.75, 3.05) is 6.54 Å². The van der Waals surface area contributed by atoms with E-state index in [1.807, 2.05) is 49.3 Å². The van der Waals surface area contributed by atoms with Gasteiger partial charge in [0, 0.05) is 52.6 Å². The number of rotatable bonds is 6. The van der Waals surface area contributed by atoms with Crippen molar-refractivity contribution in [2.45, 2.75) is 33.0 Å². The zero-order valence-electron chi connectivity index (χ0n) is 22.2. The van der Waals surface area contributed by atoms with Crippen molar-refractivity contribution in [1.82, 2.24) is 29.4 Å². The van der Waals surface area contributed by atoms with Crippen molar-refractivity contribution in [3.05, 3.63) is 72.0 Å². The number of nitrogens with zero attached hydrogens (tertiary/aromatic N) is 6. The van der Waals surface area contributed by atoms with Crippen molar-refractivity contribution < 1.29 is 18.3 Å². The number of ether oxygens (including phenoxy) is 1. The Kier molecular flexibility index (Phi) is 6.46. The number of benzene rings is 1. The third-order valence-electron chi connectivity index (χ3n) is 6.72. The van der Waals surface area contributed by atoms with Gasteiger partial charge in [0.2, 0.25) is 0 Å². The Morgan fingerprint density at radius 3 is 2.73 bits per heavy atom. The van der Waals surface area contributed by atoms with Gasteiger partial charge < -0.3 is 9.64 Å². The molecule has 0 radical (unpaired) electrons. The minimum Gasteiger partial charge on any atom is -0.490 e. The van der Waals surface area contributed by atoms with Crippen molar-refractivity contribution in [1.29, 1.82) is 0 Å². The second-order valence-electron chi connectivity index (χ2n) is 9.93. The lowest BCUT2D eigenvalue weighted by Gasteiger charge is -2.26. The molecule has 40 heavy (non-hydrogen) atoms. The van der Waals surface area contributed by atoms with Crippen LogP contribution in [-0.4, -0.2) is 48.0 Å². The first-order valence-electron chi connectivity index (χ1n) is 12.8. The van der Waals surface area contributed by atoms with E-state index in [1.54, 1.807) is 28.3 Å². The average molecular weight is 561 g/mol. The summed E-state index contributed by atoms with van der Waals surface area (Å²) in [6.45, 7) is 7.84. The number of hydrogen-bond donors (Lipinski definition) is 0. The summed E-state index contributed by atoms with van der Waals surface area (Å²) >= 11 is 1.55. The summed E-state index contributed by atoms with van der Waals surface area (Å²) in [6.07, 6.45) is 3.48. The van der Waals surface area contributed by atoms with Crippen molar-refractivity contribution in [2.24, 2.45) is 7.05 Å². The van der Waals surface area contributed by atoms with Gasteiger partial charge in [-0.05, 0) is 43.5 Å². The monoisotopic (exact) mass is 560 g/mol. The smallest absolute Gasteiger partial charge is 0.282 e. The van der Waals surface area contributed by atoms with E-state index in [1.165, 1.54) is 17.0 Å². The number of pyridine rings is 1. The molecular weight excluding hydrogens is 534 g/mol. The van der Waals surface area contributed by atoms with Crippen LogP contribution in [0.4, 0.5) is 8.78 Å². The van der Waals surface area contributed by atoms with Crippen molar-refractivity contribution >= 4 is 27.3 Å². The molecule has 4 aromatic heterocycles. The normalized spacial score (nSPS) is 13.2. The molecule has 0 N–H and O–H groups in total. The van der Waals surface area contributed by atoms with Gasteiger partial charge in [0.05, 0.1) is 36.8 Å². The molecule has 0 fully saturated rings. The first-order chi connectivity index (χ1) is 19.2. The minimum absolute atomic E-state index is 0.181. The van der Waals surface area contributed by atoms with Gasteiger partial charge in [0.15, 0.2) is 5.83 Å². The Morgan fingerprint density at radius 1 is 1.18 bits per heavy atom. The molecule has 0 saturated carbocycles. The zero-order valence-corrected chi connectivity index (χ0v) is 23.0. The molecular formula is C29H26F2N6O2S. The van der Waals surface area contributed by atoms with Gasteiger partial charge in [-0.1, -0.05) is 6.58 Å². The second-order valence-corrected chi connectivity index (χ2v) is 10.8. The molecule has 5 heterocycles. The van der Waals surface area contributed by atoms with E-state index in [0.29, 0.717) is 35.8 Å².